The Morgan fingerprint density at radius 3 is 2.40 bits per heavy atom. The van der Waals surface area contributed by atoms with Gasteiger partial charge in [0, 0.05) is 5.69 Å². The van der Waals surface area contributed by atoms with Crippen molar-refractivity contribution in [1.82, 2.24) is 0 Å². The molecule has 0 atom stereocenters. The fraction of sp³-hybridized carbons (Fsp3) is 0.188. The smallest absolute Gasteiger partial charge is 0.323 e. The lowest BCUT2D eigenvalue weighted by molar-refractivity contribution is 0.262. The zero-order valence-electron chi connectivity index (χ0n) is 11.8. The van der Waals surface area contributed by atoms with Gasteiger partial charge in [0.1, 0.15) is 5.75 Å². The molecule has 0 bridgehead atoms. The van der Waals surface area contributed by atoms with Gasteiger partial charge in [-0.15, -0.1) is 0 Å². The second-order valence-electron chi connectivity index (χ2n) is 4.90. The van der Waals surface area contributed by atoms with Crippen LogP contribution in [0.25, 0.3) is 0 Å². The van der Waals surface area contributed by atoms with Gasteiger partial charge in [-0.05, 0) is 61.7 Å². The van der Waals surface area contributed by atoms with E-state index in [0.717, 1.165) is 16.8 Å². The lowest BCUT2D eigenvalue weighted by Crippen LogP contribution is -2.19. The maximum atomic E-state index is 11.9. The van der Waals surface area contributed by atoms with Gasteiger partial charge < -0.3 is 15.7 Å². The summed E-state index contributed by atoms with van der Waals surface area (Å²) in [6.07, 6.45) is 0. The van der Waals surface area contributed by atoms with Crippen molar-refractivity contribution in [1.29, 1.82) is 0 Å². The van der Waals surface area contributed by atoms with Gasteiger partial charge in [-0.2, -0.15) is 0 Å². The van der Waals surface area contributed by atoms with Gasteiger partial charge in [-0.3, -0.25) is 0 Å². The second-order valence-corrected chi connectivity index (χ2v) is 4.90. The molecule has 0 aliphatic carbocycles. The molecule has 3 N–H and O–H groups in total. The molecule has 0 heterocycles. The summed E-state index contributed by atoms with van der Waals surface area (Å²) in [6.45, 7) is 5.90. The molecule has 20 heavy (non-hydrogen) atoms. The maximum Gasteiger partial charge on any atom is 0.323 e. The number of hydrogen-bond acceptors (Lipinski definition) is 2. The van der Waals surface area contributed by atoms with Crippen molar-refractivity contribution in [2.24, 2.45) is 0 Å². The number of rotatable bonds is 2. The molecule has 2 aromatic carbocycles. The third kappa shape index (κ3) is 3.29. The van der Waals surface area contributed by atoms with Crippen molar-refractivity contribution in [2.75, 3.05) is 10.6 Å². The lowest BCUT2D eigenvalue weighted by atomic mass is 10.1. The minimum Gasteiger partial charge on any atom is -0.506 e. The van der Waals surface area contributed by atoms with Gasteiger partial charge in [0.05, 0.1) is 5.69 Å². The SMILES string of the molecule is Cc1ccc(O)c(NC(=O)Nc2ccc(C)c(C)c2)c1. The molecule has 0 aliphatic rings. The molecular weight excluding hydrogens is 252 g/mol. The average Bonchev–Trinajstić information content (AvgIpc) is 2.38. The van der Waals surface area contributed by atoms with E-state index in [2.05, 4.69) is 10.6 Å². The van der Waals surface area contributed by atoms with Gasteiger partial charge >= 0.3 is 6.03 Å². The Labute approximate surface area is 118 Å². The molecule has 0 spiro atoms. The van der Waals surface area contributed by atoms with E-state index in [0.29, 0.717) is 5.69 Å². The Kier molecular flexibility index (Phi) is 3.94. The van der Waals surface area contributed by atoms with E-state index in [1.165, 1.54) is 5.56 Å². The Morgan fingerprint density at radius 1 is 0.950 bits per heavy atom. The molecule has 0 unspecified atom stereocenters. The molecule has 0 radical (unpaired) electrons. The van der Waals surface area contributed by atoms with Crippen LogP contribution in [0, 0.1) is 20.8 Å². The van der Waals surface area contributed by atoms with Crippen LogP contribution in [0.5, 0.6) is 5.75 Å². The third-order valence-electron chi connectivity index (χ3n) is 3.17. The Hall–Kier alpha value is -2.49. The van der Waals surface area contributed by atoms with E-state index >= 15 is 0 Å². The monoisotopic (exact) mass is 270 g/mol. The number of urea groups is 1. The third-order valence-corrected chi connectivity index (χ3v) is 3.17. The molecule has 0 aromatic heterocycles. The Bertz CT molecular complexity index is 651. The van der Waals surface area contributed by atoms with E-state index in [1.807, 2.05) is 39.0 Å². The number of carbonyl (C=O) groups excluding carboxylic acids is 1. The molecule has 2 aromatic rings. The fourth-order valence-corrected chi connectivity index (χ4v) is 1.85. The molecule has 0 saturated carbocycles. The first kappa shape index (κ1) is 13.9. The van der Waals surface area contributed by atoms with Crippen molar-refractivity contribution in [3.63, 3.8) is 0 Å². The number of amides is 2. The van der Waals surface area contributed by atoms with Gasteiger partial charge in [0.15, 0.2) is 0 Å². The van der Waals surface area contributed by atoms with E-state index in [-0.39, 0.29) is 11.8 Å². The predicted molar refractivity (Wildman–Crippen MR) is 81.4 cm³/mol. The lowest BCUT2D eigenvalue weighted by Gasteiger charge is -2.10. The summed E-state index contributed by atoms with van der Waals surface area (Å²) in [5.74, 6) is 0.0471. The quantitative estimate of drug-likeness (QED) is 0.723. The first-order valence-corrected chi connectivity index (χ1v) is 6.40. The largest absolute Gasteiger partial charge is 0.506 e. The highest BCUT2D eigenvalue weighted by Gasteiger charge is 2.07. The Morgan fingerprint density at radius 2 is 1.70 bits per heavy atom. The Balaban J connectivity index is 2.09. The highest BCUT2D eigenvalue weighted by Crippen LogP contribution is 2.24. The molecule has 2 amide bonds. The van der Waals surface area contributed by atoms with Crippen LogP contribution in [0.4, 0.5) is 16.2 Å². The van der Waals surface area contributed by atoms with Crippen LogP contribution >= 0.6 is 0 Å². The van der Waals surface area contributed by atoms with E-state index in [9.17, 15) is 9.90 Å². The number of aryl methyl sites for hydroxylation is 3. The van der Waals surface area contributed by atoms with Crippen molar-refractivity contribution in [3.05, 3.63) is 53.1 Å². The number of phenolic OH excluding ortho intramolecular Hbond substituents is 1. The van der Waals surface area contributed by atoms with Crippen LogP contribution < -0.4 is 10.6 Å². The number of phenols is 1. The summed E-state index contributed by atoms with van der Waals surface area (Å²) in [7, 11) is 0. The van der Waals surface area contributed by atoms with Crippen LogP contribution in [0.1, 0.15) is 16.7 Å². The van der Waals surface area contributed by atoms with Crippen molar-refractivity contribution >= 4 is 17.4 Å². The summed E-state index contributed by atoms with van der Waals surface area (Å²) in [4.78, 5) is 11.9. The highest BCUT2D eigenvalue weighted by molar-refractivity contribution is 6.00. The summed E-state index contributed by atoms with van der Waals surface area (Å²) in [5.41, 5.74) is 4.36. The van der Waals surface area contributed by atoms with E-state index in [1.54, 1.807) is 18.2 Å². The molecule has 104 valence electrons. The molecule has 0 fully saturated rings. The number of anilines is 2. The highest BCUT2D eigenvalue weighted by atomic mass is 16.3. The number of aromatic hydroxyl groups is 1. The standard InChI is InChI=1S/C16H18N2O2/c1-10-4-7-15(19)14(8-10)18-16(20)17-13-6-5-11(2)12(3)9-13/h4-9,19H,1-3H3,(H2,17,18,20). The van der Waals surface area contributed by atoms with Crippen molar-refractivity contribution < 1.29 is 9.90 Å². The zero-order valence-corrected chi connectivity index (χ0v) is 11.8. The van der Waals surface area contributed by atoms with Crippen molar-refractivity contribution in [2.45, 2.75) is 20.8 Å². The second kappa shape index (κ2) is 5.65. The average molecular weight is 270 g/mol. The van der Waals surface area contributed by atoms with Gasteiger partial charge in [-0.25, -0.2) is 4.79 Å². The first-order chi connectivity index (χ1) is 9.45. The summed E-state index contributed by atoms with van der Waals surface area (Å²) in [6, 6.07) is 10.4. The topological polar surface area (TPSA) is 61.4 Å². The molecular formula is C16H18N2O2. The van der Waals surface area contributed by atoms with Crippen LogP contribution in [0.15, 0.2) is 36.4 Å². The summed E-state index contributed by atoms with van der Waals surface area (Å²) >= 11 is 0. The van der Waals surface area contributed by atoms with Gasteiger partial charge in [0.2, 0.25) is 0 Å². The fourth-order valence-electron chi connectivity index (χ4n) is 1.85. The normalized spacial score (nSPS) is 10.2. The summed E-state index contributed by atoms with van der Waals surface area (Å²) < 4.78 is 0. The maximum absolute atomic E-state index is 11.9. The zero-order chi connectivity index (χ0) is 14.7. The number of nitrogens with one attached hydrogen (secondary N) is 2. The molecule has 2 rings (SSSR count). The minimum atomic E-state index is -0.380. The minimum absolute atomic E-state index is 0.0471. The molecule has 4 nitrogen and oxygen atoms in total. The number of carbonyl (C=O) groups is 1. The van der Waals surface area contributed by atoms with Crippen LogP contribution in [-0.2, 0) is 0 Å². The summed E-state index contributed by atoms with van der Waals surface area (Å²) in [5, 5.41) is 15.1. The van der Waals surface area contributed by atoms with Crippen LogP contribution in [0.3, 0.4) is 0 Å². The molecule has 0 saturated heterocycles. The molecule has 0 aliphatic heterocycles. The predicted octanol–water partition coefficient (Wildman–Crippen LogP) is 3.96. The van der Waals surface area contributed by atoms with Crippen LogP contribution in [0.2, 0.25) is 0 Å². The number of benzene rings is 2. The van der Waals surface area contributed by atoms with Gasteiger partial charge in [-0.1, -0.05) is 12.1 Å². The molecule has 4 heteroatoms. The van der Waals surface area contributed by atoms with Gasteiger partial charge in [0.25, 0.3) is 0 Å². The van der Waals surface area contributed by atoms with E-state index in [4.69, 9.17) is 0 Å². The van der Waals surface area contributed by atoms with Crippen LogP contribution in [-0.4, -0.2) is 11.1 Å². The number of hydrogen-bond donors (Lipinski definition) is 3. The van der Waals surface area contributed by atoms with E-state index < -0.39 is 0 Å². The van der Waals surface area contributed by atoms with Crippen molar-refractivity contribution in [3.8, 4) is 5.75 Å². The first-order valence-electron chi connectivity index (χ1n) is 6.40.